The van der Waals surface area contributed by atoms with Crippen molar-refractivity contribution in [3.63, 3.8) is 0 Å². The summed E-state index contributed by atoms with van der Waals surface area (Å²) in [7, 11) is 4.15. The first-order valence-electron chi connectivity index (χ1n) is 6.31. The maximum Gasteiger partial charge on any atom is 0.0623 e. The second kappa shape index (κ2) is 4.65. The lowest BCUT2D eigenvalue weighted by Gasteiger charge is -2.29. The van der Waals surface area contributed by atoms with E-state index in [4.69, 9.17) is 0 Å². The fraction of sp³-hybridized carbons (Fsp3) is 0.467. The molecule has 1 N–H and O–H groups in total. The predicted molar refractivity (Wildman–Crippen MR) is 77.1 cm³/mol. The van der Waals surface area contributed by atoms with Gasteiger partial charge < -0.3 is 14.6 Å². The van der Waals surface area contributed by atoms with Gasteiger partial charge >= 0.3 is 0 Å². The van der Waals surface area contributed by atoms with Crippen LogP contribution >= 0.6 is 0 Å². The Kier molecular flexibility index (Phi) is 3.35. The molecule has 0 radical (unpaired) electrons. The number of aliphatic hydroxyl groups excluding tert-OH is 1. The fourth-order valence-electron chi connectivity index (χ4n) is 2.40. The van der Waals surface area contributed by atoms with Crippen LogP contribution in [0, 0.1) is 5.41 Å². The van der Waals surface area contributed by atoms with Crippen molar-refractivity contribution >= 4 is 16.6 Å². The molecule has 0 aliphatic heterocycles. The van der Waals surface area contributed by atoms with Gasteiger partial charge in [-0.1, -0.05) is 32.0 Å². The molecular weight excluding hydrogens is 224 g/mol. The highest BCUT2D eigenvalue weighted by molar-refractivity contribution is 5.93. The lowest BCUT2D eigenvalue weighted by molar-refractivity contribution is 0.165. The number of nitrogens with zero attached hydrogens (tertiary/aromatic N) is 2. The van der Waals surface area contributed by atoms with Gasteiger partial charge in [0.1, 0.15) is 0 Å². The largest absolute Gasteiger partial charge is 0.396 e. The van der Waals surface area contributed by atoms with Gasteiger partial charge in [0.15, 0.2) is 0 Å². The fourth-order valence-corrected chi connectivity index (χ4v) is 2.40. The first kappa shape index (κ1) is 13.0. The van der Waals surface area contributed by atoms with Crippen LogP contribution in [-0.2, 0) is 7.05 Å². The van der Waals surface area contributed by atoms with E-state index in [1.165, 1.54) is 16.6 Å². The maximum atomic E-state index is 9.38. The van der Waals surface area contributed by atoms with Crippen molar-refractivity contribution in [1.82, 2.24) is 4.57 Å². The number of anilines is 1. The van der Waals surface area contributed by atoms with Crippen LogP contribution in [0.15, 0.2) is 30.5 Å². The minimum absolute atomic E-state index is 0.0916. The molecule has 0 unspecified atom stereocenters. The third-order valence-electron chi connectivity index (χ3n) is 3.38. The average molecular weight is 246 g/mol. The van der Waals surface area contributed by atoms with Crippen LogP contribution in [0.5, 0.6) is 0 Å². The van der Waals surface area contributed by atoms with Gasteiger partial charge in [-0.15, -0.1) is 0 Å². The quantitative estimate of drug-likeness (QED) is 0.898. The predicted octanol–water partition coefficient (Wildman–Crippen LogP) is 2.63. The Labute approximate surface area is 109 Å². The number of benzene rings is 1. The molecule has 0 saturated heterocycles. The molecular formula is C15H22N2O. The average Bonchev–Trinajstić information content (AvgIpc) is 2.67. The lowest BCUT2D eigenvalue weighted by Crippen LogP contribution is -2.33. The summed E-state index contributed by atoms with van der Waals surface area (Å²) in [4.78, 5) is 2.22. The summed E-state index contributed by atoms with van der Waals surface area (Å²) >= 11 is 0. The van der Waals surface area contributed by atoms with E-state index < -0.39 is 0 Å². The Morgan fingerprint density at radius 1 is 1.28 bits per heavy atom. The van der Waals surface area contributed by atoms with Gasteiger partial charge in [-0.25, -0.2) is 0 Å². The van der Waals surface area contributed by atoms with Crippen LogP contribution in [0.4, 0.5) is 5.69 Å². The van der Waals surface area contributed by atoms with Crippen molar-refractivity contribution in [2.75, 3.05) is 25.1 Å². The summed E-state index contributed by atoms with van der Waals surface area (Å²) in [6.07, 6.45) is 2.15. The van der Waals surface area contributed by atoms with Crippen LogP contribution in [-0.4, -0.2) is 29.9 Å². The third-order valence-corrected chi connectivity index (χ3v) is 3.38. The molecule has 2 rings (SSSR count). The van der Waals surface area contributed by atoms with E-state index in [0.29, 0.717) is 0 Å². The molecule has 1 heterocycles. The summed E-state index contributed by atoms with van der Waals surface area (Å²) < 4.78 is 2.15. The van der Waals surface area contributed by atoms with Crippen molar-refractivity contribution in [3.8, 4) is 0 Å². The van der Waals surface area contributed by atoms with E-state index in [2.05, 4.69) is 67.9 Å². The molecule has 0 fully saturated rings. The van der Waals surface area contributed by atoms with Crippen molar-refractivity contribution in [2.45, 2.75) is 13.8 Å². The monoisotopic (exact) mass is 246 g/mol. The summed E-state index contributed by atoms with van der Waals surface area (Å²) in [6, 6.07) is 8.40. The number of aromatic nitrogens is 1. The second-order valence-electron chi connectivity index (χ2n) is 5.82. The van der Waals surface area contributed by atoms with Crippen LogP contribution in [0.3, 0.4) is 0 Å². The number of hydrogen-bond acceptors (Lipinski definition) is 2. The van der Waals surface area contributed by atoms with Crippen molar-refractivity contribution in [2.24, 2.45) is 12.5 Å². The molecule has 1 aromatic heterocycles. The SMILES string of the molecule is CN(CC(C)(C)CO)c1cn(C)c2ccccc12. The molecule has 3 heteroatoms. The zero-order valence-electron chi connectivity index (χ0n) is 11.6. The number of hydrogen-bond donors (Lipinski definition) is 1. The Balaban J connectivity index is 2.36. The maximum absolute atomic E-state index is 9.38. The molecule has 0 amide bonds. The van der Waals surface area contributed by atoms with Gasteiger partial charge in [0, 0.05) is 49.8 Å². The summed E-state index contributed by atoms with van der Waals surface area (Å²) in [5.74, 6) is 0. The highest BCUT2D eigenvalue weighted by Crippen LogP contribution is 2.29. The molecule has 1 aromatic carbocycles. The first-order valence-corrected chi connectivity index (χ1v) is 6.31. The first-order chi connectivity index (χ1) is 8.44. The number of aliphatic hydroxyl groups is 1. The van der Waals surface area contributed by atoms with Crippen molar-refractivity contribution in [1.29, 1.82) is 0 Å². The lowest BCUT2D eigenvalue weighted by atomic mass is 9.94. The summed E-state index contributed by atoms with van der Waals surface area (Å²) in [5.41, 5.74) is 2.36. The molecule has 98 valence electrons. The molecule has 0 aliphatic rings. The number of rotatable bonds is 4. The number of para-hydroxylation sites is 1. The minimum atomic E-state index is -0.0916. The molecule has 18 heavy (non-hydrogen) atoms. The highest BCUT2D eigenvalue weighted by atomic mass is 16.3. The van der Waals surface area contributed by atoms with Crippen LogP contribution < -0.4 is 4.90 Å². The Hall–Kier alpha value is -1.48. The Morgan fingerprint density at radius 3 is 2.61 bits per heavy atom. The van der Waals surface area contributed by atoms with E-state index in [-0.39, 0.29) is 12.0 Å². The standard InChI is InChI=1S/C15H22N2O/c1-15(2,11-18)10-17(4)14-9-16(3)13-8-6-5-7-12(13)14/h5-9,18H,10-11H2,1-4H3. The van der Waals surface area contributed by atoms with E-state index in [1.807, 2.05) is 0 Å². The normalized spacial score (nSPS) is 12.1. The van der Waals surface area contributed by atoms with Crippen molar-refractivity contribution < 1.29 is 5.11 Å². The zero-order chi connectivity index (χ0) is 13.3. The van der Waals surface area contributed by atoms with Crippen LogP contribution in [0.2, 0.25) is 0 Å². The molecule has 2 aromatic rings. The van der Waals surface area contributed by atoms with Crippen LogP contribution in [0.25, 0.3) is 10.9 Å². The number of aryl methyl sites for hydroxylation is 1. The molecule has 0 bridgehead atoms. The van der Waals surface area contributed by atoms with Crippen molar-refractivity contribution in [3.05, 3.63) is 30.5 Å². The van der Waals surface area contributed by atoms with Gasteiger partial charge in [-0.3, -0.25) is 0 Å². The molecule has 0 saturated carbocycles. The zero-order valence-corrected chi connectivity index (χ0v) is 11.6. The molecule has 3 nitrogen and oxygen atoms in total. The second-order valence-corrected chi connectivity index (χ2v) is 5.82. The highest BCUT2D eigenvalue weighted by Gasteiger charge is 2.20. The van der Waals surface area contributed by atoms with Crippen LogP contribution in [0.1, 0.15) is 13.8 Å². The van der Waals surface area contributed by atoms with E-state index in [1.54, 1.807) is 0 Å². The van der Waals surface area contributed by atoms with Gasteiger partial charge in [-0.2, -0.15) is 0 Å². The van der Waals surface area contributed by atoms with E-state index in [9.17, 15) is 5.11 Å². The van der Waals surface area contributed by atoms with Gasteiger partial charge in [0.2, 0.25) is 0 Å². The molecule has 0 spiro atoms. The smallest absolute Gasteiger partial charge is 0.0623 e. The van der Waals surface area contributed by atoms with E-state index in [0.717, 1.165) is 6.54 Å². The third kappa shape index (κ3) is 2.36. The summed E-state index contributed by atoms with van der Waals surface area (Å²) in [6.45, 7) is 5.18. The van der Waals surface area contributed by atoms with Gasteiger partial charge in [0.05, 0.1) is 5.69 Å². The van der Waals surface area contributed by atoms with E-state index >= 15 is 0 Å². The Bertz CT molecular complexity index is 542. The topological polar surface area (TPSA) is 28.4 Å². The van der Waals surface area contributed by atoms with Gasteiger partial charge in [-0.05, 0) is 6.07 Å². The number of fused-ring (bicyclic) bond motifs is 1. The van der Waals surface area contributed by atoms with Gasteiger partial charge in [0.25, 0.3) is 0 Å². The summed E-state index contributed by atoms with van der Waals surface area (Å²) in [5, 5.41) is 10.6. The molecule has 0 atom stereocenters. The minimum Gasteiger partial charge on any atom is -0.396 e. The Morgan fingerprint density at radius 2 is 1.94 bits per heavy atom. The molecule has 0 aliphatic carbocycles.